The smallest absolute Gasteiger partial charge is 0.248 e. The molecule has 1 saturated carbocycles. The fourth-order valence-electron chi connectivity index (χ4n) is 4.91. The summed E-state index contributed by atoms with van der Waals surface area (Å²) in [6.07, 6.45) is 3.33. The van der Waals surface area contributed by atoms with E-state index >= 15 is 0 Å². The Morgan fingerprint density at radius 1 is 1.30 bits per heavy atom. The van der Waals surface area contributed by atoms with E-state index in [4.69, 9.17) is 11.6 Å². The molecule has 1 aliphatic carbocycles. The van der Waals surface area contributed by atoms with Gasteiger partial charge in [-0.3, -0.25) is 9.59 Å². The average molecular weight is 536 g/mol. The highest BCUT2D eigenvalue weighted by Gasteiger charge is 2.45. The van der Waals surface area contributed by atoms with Gasteiger partial charge in [0.2, 0.25) is 11.8 Å². The van der Waals surface area contributed by atoms with Crippen molar-refractivity contribution in [3.8, 4) is 0 Å². The van der Waals surface area contributed by atoms with Gasteiger partial charge in [-0.05, 0) is 36.8 Å². The van der Waals surface area contributed by atoms with Gasteiger partial charge in [-0.25, -0.2) is 9.07 Å². The van der Waals surface area contributed by atoms with Crippen LogP contribution >= 0.6 is 11.6 Å². The van der Waals surface area contributed by atoms with Gasteiger partial charge >= 0.3 is 0 Å². The van der Waals surface area contributed by atoms with Gasteiger partial charge in [0.1, 0.15) is 17.9 Å². The van der Waals surface area contributed by atoms with Gasteiger partial charge in [-0.1, -0.05) is 43.7 Å². The number of likely N-dealkylation sites (tertiary alicyclic amines) is 1. The summed E-state index contributed by atoms with van der Waals surface area (Å²) in [6, 6.07) is 2.79. The molecular formula is C26H35ClFN5O4. The number of rotatable bonds is 9. The molecule has 11 heteroatoms. The maximum atomic E-state index is 14.2. The van der Waals surface area contributed by atoms with Crippen LogP contribution in [0, 0.1) is 17.2 Å². The van der Waals surface area contributed by atoms with E-state index in [1.807, 2.05) is 27.0 Å². The van der Waals surface area contributed by atoms with Crippen LogP contribution in [-0.4, -0.2) is 73.8 Å². The van der Waals surface area contributed by atoms with E-state index in [0.717, 1.165) is 18.5 Å². The van der Waals surface area contributed by atoms with Gasteiger partial charge in [0.15, 0.2) is 0 Å². The Kier molecular flexibility index (Phi) is 8.20. The van der Waals surface area contributed by atoms with Crippen LogP contribution in [0.5, 0.6) is 0 Å². The number of β-amino-alcohol motifs (C(OH)–C–C–N with tert-alkyl or cyclic N) is 1. The standard InChI is InChI=1S/C26H35ClFN5O4/c1-26(2,3)23(33-13-21(30-31-33)16-7-8-16)25(37)32-12-17(35)10-22(32)24(36)29-11-15(14-34)9-18-19(27)5-4-6-20(18)28/h4-6,13,15-17,22-23,34-35H,7-12,14H2,1-3H3,(H,29,36)/t15?,17?,22?,23-/m1/s1. The normalized spacial score (nSPS) is 21.6. The van der Waals surface area contributed by atoms with Crippen LogP contribution < -0.4 is 5.32 Å². The van der Waals surface area contributed by atoms with Crippen LogP contribution in [0.4, 0.5) is 4.39 Å². The lowest BCUT2D eigenvalue weighted by Gasteiger charge is -2.34. The fourth-order valence-corrected chi connectivity index (χ4v) is 5.15. The molecule has 4 atom stereocenters. The predicted octanol–water partition coefficient (Wildman–Crippen LogP) is 2.46. The lowest BCUT2D eigenvalue weighted by Crippen LogP contribution is -2.51. The number of nitrogens with one attached hydrogen (secondary N) is 1. The van der Waals surface area contributed by atoms with E-state index in [2.05, 4.69) is 15.6 Å². The maximum absolute atomic E-state index is 14.2. The Morgan fingerprint density at radius 3 is 2.65 bits per heavy atom. The molecule has 9 nitrogen and oxygen atoms in total. The fraction of sp³-hybridized carbons (Fsp3) is 0.615. The number of aliphatic hydroxyl groups excluding tert-OH is 2. The van der Waals surface area contributed by atoms with Crippen LogP contribution in [-0.2, 0) is 16.0 Å². The van der Waals surface area contributed by atoms with Crippen LogP contribution in [0.3, 0.4) is 0 Å². The molecule has 1 aliphatic heterocycles. The molecule has 0 radical (unpaired) electrons. The van der Waals surface area contributed by atoms with E-state index in [9.17, 15) is 24.2 Å². The number of carbonyl (C=O) groups excluding carboxylic acids is 2. The van der Waals surface area contributed by atoms with Crippen molar-refractivity contribution < 1.29 is 24.2 Å². The van der Waals surface area contributed by atoms with E-state index in [1.165, 1.54) is 17.0 Å². The number of halogens is 2. The number of aliphatic hydroxyl groups is 2. The van der Waals surface area contributed by atoms with Crippen LogP contribution in [0.2, 0.25) is 5.02 Å². The molecule has 2 aliphatic rings. The van der Waals surface area contributed by atoms with Crippen molar-refractivity contribution in [2.45, 2.75) is 70.6 Å². The first-order chi connectivity index (χ1) is 17.5. The molecule has 2 heterocycles. The number of carbonyl (C=O) groups is 2. The van der Waals surface area contributed by atoms with Gasteiger partial charge in [0.25, 0.3) is 0 Å². The second-order valence-corrected chi connectivity index (χ2v) is 11.7. The molecule has 202 valence electrons. The molecule has 4 rings (SSSR count). The number of amides is 2. The van der Waals surface area contributed by atoms with Crippen LogP contribution in [0.25, 0.3) is 0 Å². The molecule has 0 spiro atoms. The van der Waals surface area contributed by atoms with Crippen molar-refractivity contribution in [3.63, 3.8) is 0 Å². The van der Waals surface area contributed by atoms with Crippen LogP contribution in [0.15, 0.2) is 24.4 Å². The third-order valence-electron chi connectivity index (χ3n) is 7.08. The molecule has 1 saturated heterocycles. The van der Waals surface area contributed by atoms with Gasteiger partial charge in [-0.2, -0.15) is 0 Å². The first kappa shape index (κ1) is 27.5. The minimum atomic E-state index is -0.879. The number of hydrogen-bond acceptors (Lipinski definition) is 6. The van der Waals surface area contributed by atoms with E-state index in [1.54, 1.807) is 10.7 Å². The summed E-state index contributed by atoms with van der Waals surface area (Å²) in [5.74, 6) is -1.32. The minimum absolute atomic E-state index is 0.0297. The second-order valence-electron chi connectivity index (χ2n) is 11.3. The Bertz CT molecular complexity index is 1110. The maximum Gasteiger partial charge on any atom is 0.248 e. The summed E-state index contributed by atoms with van der Waals surface area (Å²) in [7, 11) is 0. The van der Waals surface area contributed by atoms with Crippen molar-refractivity contribution in [2.75, 3.05) is 19.7 Å². The van der Waals surface area contributed by atoms with E-state index in [0.29, 0.717) is 5.92 Å². The highest BCUT2D eigenvalue weighted by molar-refractivity contribution is 6.31. The predicted molar refractivity (Wildman–Crippen MR) is 135 cm³/mol. The molecule has 3 unspecified atom stereocenters. The van der Waals surface area contributed by atoms with Crippen molar-refractivity contribution in [3.05, 3.63) is 46.5 Å². The summed E-state index contributed by atoms with van der Waals surface area (Å²) >= 11 is 6.11. The zero-order chi connectivity index (χ0) is 26.9. The summed E-state index contributed by atoms with van der Waals surface area (Å²) in [6.45, 7) is 5.58. The number of aromatic nitrogens is 3. The van der Waals surface area contributed by atoms with Crippen molar-refractivity contribution in [1.29, 1.82) is 0 Å². The largest absolute Gasteiger partial charge is 0.396 e. The molecule has 0 bridgehead atoms. The van der Waals surface area contributed by atoms with Crippen molar-refractivity contribution >= 4 is 23.4 Å². The number of nitrogens with zero attached hydrogens (tertiary/aromatic N) is 4. The summed E-state index contributed by atoms with van der Waals surface area (Å²) in [4.78, 5) is 28.4. The second kappa shape index (κ2) is 11.0. The molecule has 1 aromatic heterocycles. The highest BCUT2D eigenvalue weighted by Crippen LogP contribution is 2.40. The summed E-state index contributed by atoms with van der Waals surface area (Å²) in [5.41, 5.74) is 0.612. The minimum Gasteiger partial charge on any atom is -0.396 e. The van der Waals surface area contributed by atoms with Gasteiger partial charge in [0, 0.05) is 54.7 Å². The van der Waals surface area contributed by atoms with Crippen molar-refractivity contribution in [2.24, 2.45) is 11.3 Å². The molecular weight excluding hydrogens is 501 g/mol. The molecule has 1 aromatic carbocycles. The third-order valence-corrected chi connectivity index (χ3v) is 7.44. The molecule has 2 fully saturated rings. The topological polar surface area (TPSA) is 121 Å². The lowest BCUT2D eigenvalue weighted by molar-refractivity contribution is -0.144. The average Bonchev–Trinajstić information content (AvgIpc) is 3.44. The quantitative estimate of drug-likeness (QED) is 0.453. The Balaban J connectivity index is 1.46. The van der Waals surface area contributed by atoms with E-state index < -0.39 is 41.2 Å². The molecule has 2 amide bonds. The van der Waals surface area contributed by atoms with Gasteiger partial charge in [-0.15, -0.1) is 5.10 Å². The van der Waals surface area contributed by atoms with E-state index in [-0.39, 0.29) is 49.0 Å². The Morgan fingerprint density at radius 2 is 2.03 bits per heavy atom. The van der Waals surface area contributed by atoms with Crippen LogP contribution in [0.1, 0.15) is 63.3 Å². The Hall–Kier alpha value is -2.56. The highest BCUT2D eigenvalue weighted by atomic mass is 35.5. The van der Waals surface area contributed by atoms with Gasteiger partial charge < -0.3 is 20.4 Å². The SMILES string of the molecule is CC(C)(C)[C@@H](C(=O)N1CC(O)CC1C(=O)NCC(CO)Cc1c(F)cccc1Cl)n1cc(C2CC2)nn1. The lowest BCUT2D eigenvalue weighted by atomic mass is 9.85. The first-order valence-electron chi connectivity index (χ1n) is 12.7. The zero-order valence-electron chi connectivity index (χ0n) is 21.4. The van der Waals surface area contributed by atoms with Crippen molar-refractivity contribution in [1.82, 2.24) is 25.2 Å². The van der Waals surface area contributed by atoms with Gasteiger partial charge in [0.05, 0.1) is 11.8 Å². The number of hydrogen-bond donors (Lipinski definition) is 3. The number of benzene rings is 1. The molecule has 37 heavy (non-hydrogen) atoms. The Labute approximate surface area is 221 Å². The molecule has 2 aromatic rings. The monoisotopic (exact) mass is 535 g/mol. The summed E-state index contributed by atoms with van der Waals surface area (Å²) in [5, 5.41) is 31.7. The molecule has 3 N–H and O–H groups in total. The first-order valence-corrected chi connectivity index (χ1v) is 13.1. The third kappa shape index (κ3) is 6.30. The summed E-state index contributed by atoms with van der Waals surface area (Å²) < 4.78 is 15.8. The zero-order valence-corrected chi connectivity index (χ0v) is 22.2.